The van der Waals surface area contributed by atoms with Gasteiger partial charge in [-0.1, -0.05) is 43.7 Å². The highest BCUT2D eigenvalue weighted by atomic mass is 16.2. The molecule has 0 spiro atoms. The topological polar surface area (TPSA) is 35.6 Å². The molecule has 0 unspecified atom stereocenters. The molecule has 1 aromatic rings. The number of benzene rings is 1. The van der Waals surface area contributed by atoms with Crippen LogP contribution in [0.4, 0.5) is 10.5 Å². The number of anilines is 1. The Balaban J connectivity index is 2.06. The number of hydrogen-bond donors (Lipinski definition) is 1. The average molecular weight is 358 g/mol. The second kappa shape index (κ2) is 9.77. The standard InChI is InChI=1S/C22H35N3O/c1-17-14-18(2)21(19(3)15-17)16-25(13-9-12-24(4)5)22(26)23-20-10-7-6-8-11-20/h6-8,10-11,14,18-19,21H,9,12-13,15-16H2,1-5H3,(H,23,26)/t18-,19-,21-/m0/s1. The molecule has 0 fully saturated rings. The van der Waals surface area contributed by atoms with E-state index in [9.17, 15) is 4.79 Å². The summed E-state index contributed by atoms with van der Waals surface area (Å²) in [5.41, 5.74) is 2.34. The van der Waals surface area contributed by atoms with E-state index in [4.69, 9.17) is 0 Å². The number of carbonyl (C=O) groups excluding carboxylic acids is 1. The number of amides is 2. The van der Waals surface area contributed by atoms with Gasteiger partial charge in [0, 0.05) is 18.8 Å². The first kappa shape index (κ1) is 20.5. The molecule has 3 atom stereocenters. The van der Waals surface area contributed by atoms with Crippen LogP contribution in [-0.4, -0.2) is 49.6 Å². The minimum absolute atomic E-state index is 0.0145. The minimum Gasteiger partial charge on any atom is -0.324 e. The van der Waals surface area contributed by atoms with Crippen LogP contribution in [0.2, 0.25) is 0 Å². The molecule has 144 valence electrons. The Morgan fingerprint density at radius 3 is 2.46 bits per heavy atom. The zero-order chi connectivity index (χ0) is 19.1. The molecule has 0 bridgehead atoms. The molecule has 4 heteroatoms. The molecular formula is C22H35N3O. The SMILES string of the molecule is CC1=C[C@H](C)[C@H](CN(CCCN(C)C)C(=O)Nc2ccccc2)[C@@H](C)C1. The van der Waals surface area contributed by atoms with Crippen molar-refractivity contribution in [2.24, 2.45) is 17.8 Å². The molecule has 2 rings (SSSR count). The highest BCUT2D eigenvalue weighted by molar-refractivity contribution is 5.89. The zero-order valence-corrected chi connectivity index (χ0v) is 17.0. The molecule has 1 aliphatic rings. The van der Waals surface area contributed by atoms with E-state index in [1.165, 1.54) is 5.57 Å². The Hall–Kier alpha value is -1.81. The van der Waals surface area contributed by atoms with Crippen LogP contribution in [0.15, 0.2) is 42.0 Å². The predicted molar refractivity (Wildman–Crippen MR) is 110 cm³/mol. The van der Waals surface area contributed by atoms with Gasteiger partial charge < -0.3 is 15.1 Å². The largest absolute Gasteiger partial charge is 0.324 e. The zero-order valence-electron chi connectivity index (χ0n) is 17.0. The summed E-state index contributed by atoms with van der Waals surface area (Å²) in [6, 6.07) is 9.75. The summed E-state index contributed by atoms with van der Waals surface area (Å²) in [7, 11) is 4.15. The van der Waals surface area contributed by atoms with Crippen molar-refractivity contribution in [2.75, 3.05) is 39.0 Å². The smallest absolute Gasteiger partial charge is 0.321 e. The normalized spacial score (nSPS) is 22.8. The van der Waals surface area contributed by atoms with E-state index >= 15 is 0 Å². The summed E-state index contributed by atoms with van der Waals surface area (Å²) in [5, 5.41) is 3.07. The van der Waals surface area contributed by atoms with Crippen LogP contribution in [0, 0.1) is 17.8 Å². The summed E-state index contributed by atoms with van der Waals surface area (Å²) >= 11 is 0. The van der Waals surface area contributed by atoms with E-state index in [1.54, 1.807) is 0 Å². The third-order valence-corrected chi connectivity index (χ3v) is 5.37. The Bertz CT molecular complexity index is 597. The van der Waals surface area contributed by atoms with Crippen molar-refractivity contribution in [2.45, 2.75) is 33.6 Å². The summed E-state index contributed by atoms with van der Waals surface area (Å²) in [4.78, 5) is 17.1. The molecule has 0 heterocycles. The Kier molecular flexibility index (Phi) is 7.70. The van der Waals surface area contributed by atoms with Crippen LogP contribution in [0.25, 0.3) is 0 Å². The van der Waals surface area contributed by atoms with Crippen molar-refractivity contribution < 1.29 is 4.79 Å². The van der Waals surface area contributed by atoms with Gasteiger partial charge in [-0.15, -0.1) is 0 Å². The van der Waals surface area contributed by atoms with E-state index in [0.717, 1.165) is 38.2 Å². The lowest BCUT2D eigenvalue weighted by Gasteiger charge is -2.37. The highest BCUT2D eigenvalue weighted by Gasteiger charge is 2.30. The third-order valence-electron chi connectivity index (χ3n) is 5.37. The molecule has 0 aliphatic heterocycles. The van der Waals surface area contributed by atoms with Gasteiger partial charge in [-0.3, -0.25) is 0 Å². The van der Waals surface area contributed by atoms with Crippen LogP contribution in [0.1, 0.15) is 33.6 Å². The van der Waals surface area contributed by atoms with E-state index < -0.39 is 0 Å². The molecule has 1 N–H and O–H groups in total. The lowest BCUT2D eigenvalue weighted by Crippen LogP contribution is -2.43. The van der Waals surface area contributed by atoms with E-state index in [0.29, 0.717) is 17.8 Å². The van der Waals surface area contributed by atoms with Crippen LogP contribution in [-0.2, 0) is 0 Å². The average Bonchev–Trinajstić information content (AvgIpc) is 2.56. The fourth-order valence-electron chi connectivity index (χ4n) is 4.00. The van der Waals surface area contributed by atoms with Crippen molar-refractivity contribution in [3.05, 3.63) is 42.0 Å². The van der Waals surface area contributed by atoms with Crippen LogP contribution < -0.4 is 5.32 Å². The van der Waals surface area contributed by atoms with Gasteiger partial charge in [-0.25, -0.2) is 4.79 Å². The summed E-state index contributed by atoms with van der Waals surface area (Å²) in [6.45, 7) is 9.43. The van der Waals surface area contributed by atoms with E-state index in [-0.39, 0.29) is 6.03 Å². The minimum atomic E-state index is 0.0145. The molecule has 2 amide bonds. The number of carbonyl (C=O) groups is 1. The number of para-hydroxylation sites is 1. The predicted octanol–water partition coefficient (Wildman–Crippen LogP) is 4.71. The lowest BCUT2D eigenvalue weighted by atomic mass is 9.75. The molecule has 1 aliphatic carbocycles. The van der Waals surface area contributed by atoms with Gasteiger partial charge in [0.15, 0.2) is 0 Å². The lowest BCUT2D eigenvalue weighted by molar-refractivity contribution is 0.165. The van der Waals surface area contributed by atoms with Crippen LogP contribution in [0.5, 0.6) is 0 Å². The number of nitrogens with zero attached hydrogens (tertiary/aromatic N) is 2. The molecule has 1 aromatic carbocycles. The summed E-state index contributed by atoms with van der Waals surface area (Å²) < 4.78 is 0. The first-order chi connectivity index (χ1) is 12.4. The number of urea groups is 1. The molecule has 26 heavy (non-hydrogen) atoms. The first-order valence-corrected chi connectivity index (χ1v) is 9.79. The Morgan fingerprint density at radius 2 is 1.85 bits per heavy atom. The number of nitrogens with one attached hydrogen (secondary N) is 1. The summed E-state index contributed by atoms with van der Waals surface area (Å²) in [6.07, 6.45) is 4.51. The second-order valence-electron chi connectivity index (χ2n) is 8.12. The molecule has 0 saturated carbocycles. The van der Waals surface area contributed by atoms with Crippen molar-refractivity contribution in [3.8, 4) is 0 Å². The molecular weight excluding hydrogens is 322 g/mol. The molecule has 4 nitrogen and oxygen atoms in total. The Morgan fingerprint density at radius 1 is 1.15 bits per heavy atom. The van der Waals surface area contributed by atoms with Crippen LogP contribution in [0.3, 0.4) is 0 Å². The fourth-order valence-corrected chi connectivity index (χ4v) is 4.00. The van der Waals surface area contributed by atoms with Gasteiger partial charge in [-0.05, 0) is 70.3 Å². The maximum atomic E-state index is 12.9. The highest BCUT2D eigenvalue weighted by Crippen LogP contribution is 2.34. The fraction of sp³-hybridized carbons (Fsp3) is 0.591. The first-order valence-electron chi connectivity index (χ1n) is 9.79. The third kappa shape index (κ3) is 6.17. The van der Waals surface area contributed by atoms with Crippen molar-refractivity contribution in [1.29, 1.82) is 0 Å². The van der Waals surface area contributed by atoms with Gasteiger partial charge in [0.2, 0.25) is 0 Å². The maximum Gasteiger partial charge on any atom is 0.321 e. The second-order valence-corrected chi connectivity index (χ2v) is 8.12. The van der Waals surface area contributed by atoms with Gasteiger partial charge >= 0.3 is 6.03 Å². The Labute approximate surface area is 159 Å². The quantitative estimate of drug-likeness (QED) is 0.717. The summed E-state index contributed by atoms with van der Waals surface area (Å²) in [5.74, 6) is 1.63. The van der Waals surface area contributed by atoms with Crippen LogP contribution >= 0.6 is 0 Å². The van der Waals surface area contributed by atoms with Crippen molar-refractivity contribution >= 4 is 11.7 Å². The van der Waals surface area contributed by atoms with Crippen molar-refractivity contribution in [1.82, 2.24) is 9.80 Å². The van der Waals surface area contributed by atoms with Gasteiger partial charge in [0.05, 0.1) is 0 Å². The maximum absolute atomic E-state index is 12.9. The monoisotopic (exact) mass is 357 g/mol. The molecule has 0 aromatic heterocycles. The van der Waals surface area contributed by atoms with Crippen molar-refractivity contribution in [3.63, 3.8) is 0 Å². The molecule has 0 radical (unpaired) electrons. The number of allylic oxidation sites excluding steroid dienone is 2. The van der Waals surface area contributed by atoms with E-state index in [1.807, 2.05) is 35.2 Å². The van der Waals surface area contributed by atoms with E-state index in [2.05, 4.69) is 51.2 Å². The van der Waals surface area contributed by atoms with Gasteiger partial charge in [-0.2, -0.15) is 0 Å². The molecule has 0 saturated heterocycles. The number of rotatable bonds is 7. The number of hydrogen-bond acceptors (Lipinski definition) is 2. The van der Waals surface area contributed by atoms with Gasteiger partial charge in [0.1, 0.15) is 0 Å². The van der Waals surface area contributed by atoms with Gasteiger partial charge in [0.25, 0.3) is 0 Å².